The molecule has 0 radical (unpaired) electrons. The first-order valence-electron chi connectivity index (χ1n) is 15.8. The Morgan fingerprint density at radius 2 is 1.89 bits per heavy atom. The largest absolute Gasteiger partial charge is 0.335 e. The van der Waals surface area contributed by atoms with Crippen molar-refractivity contribution in [2.24, 2.45) is 5.41 Å². The van der Waals surface area contributed by atoms with Crippen LogP contribution in [0.15, 0.2) is 66.8 Å². The van der Waals surface area contributed by atoms with Crippen molar-refractivity contribution in [1.82, 2.24) is 14.9 Å². The third-order valence-electron chi connectivity index (χ3n) is 7.98. The van der Waals surface area contributed by atoms with Crippen LogP contribution >= 0.6 is 0 Å². The van der Waals surface area contributed by atoms with E-state index in [1.165, 1.54) is 6.08 Å². The lowest BCUT2D eigenvalue weighted by molar-refractivity contribution is -0.142. The predicted molar refractivity (Wildman–Crippen MR) is 179 cm³/mol. The van der Waals surface area contributed by atoms with E-state index in [2.05, 4.69) is 40.4 Å². The van der Waals surface area contributed by atoms with Crippen LogP contribution in [0.5, 0.6) is 0 Å². The lowest BCUT2D eigenvalue weighted by atomic mass is 9.78. The number of nitrogens with zero attached hydrogens (tertiary/aromatic N) is 3. The minimum absolute atomic E-state index is 0.0270. The molecule has 0 fully saturated rings. The van der Waals surface area contributed by atoms with Gasteiger partial charge in [0.25, 0.3) is 0 Å². The molecule has 1 N–H and O–H groups in total. The fourth-order valence-electron chi connectivity index (χ4n) is 5.40. The average Bonchev–Trinajstić information content (AvgIpc) is 3.09. The van der Waals surface area contributed by atoms with Crippen LogP contribution in [0.1, 0.15) is 90.5 Å². The van der Waals surface area contributed by atoms with Crippen LogP contribution in [0.2, 0.25) is 0 Å². The zero-order valence-electron chi connectivity index (χ0n) is 28.2. The zero-order chi connectivity index (χ0) is 33.5. The van der Waals surface area contributed by atoms with E-state index in [9.17, 15) is 18.4 Å². The van der Waals surface area contributed by atoms with Crippen LogP contribution in [-0.4, -0.2) is 38.9 Å². The second-order valence-electron chi connectivity index (χ2n) is 13.0. The second-order valence-corrected chi connectivity index (χ2v) is 13.0. The van der Waals surface area contributed by atoms with E-state index in [1.54, 1.807) is 12.3 Å². The van der Waals surface area contributed by atoms with Gasteiger partial charge in [-0.2, -0.15) is 0 Å². The smallest absolute Gasteiger partial charge is 0.236 e. The van der Waals surface area contributed by atoms with Gasteiger partial charge in [0.2, 0.25) is 11.8 Å². The minimum atomic E-state index is -1.10. The fraction of sp³-hybridized carbons (Fsp3) is 0.459. The van der Waals surface area contributed by atoms with Crippen molar-refractivity contribution in [1.29, 1.82) is 0 Å². The number of carbonyl (C=O) groups is 2. The predicted octanol–water partition coefficient (Wildman–Crippen LogP) is 8.73. The number of alkyl halides is 1. The molecule has 1 aliphatic heterocycles. The molecule has 2 amide bonds. The molecule has 242 valence electrons. The van der Waals surface area contributed by atoms with E-state index in [1.807, 2.05) is 78.6 Å². The highest BCUT2D eigenvalue weighted by Crippen LogP contribution is 2.39. The molecular weight excluding hydrogens is 570 g/mol. The molecule has 2 aromatic heterocycles. The number of amides is 2. The number of benzene rings is 1. The van der Waals surface area contributed by atoms with Crippen LogP contribution in [0.25, 0.3) is 10.9 Å². The van der Waals surface area contributed by atoms with E-state index in [0.29, 0.717) is 31.6 Å². The number of carbonyl (C=O) groups excluding carboxylic acids is 2. The number of halogens is 2. The first kappa shape index (κ1) is 35.5. The van der Waals surface area contributed by atoms with Crippen molar-refractivity contribution < 1.29 is 18.4 Å². The van der Waals surface area contributed by atoms with Gasteiger partial charge in [0, 0.05) is 41.3 Å². The summed E-state index contributed by atoms with van der Waals surface area (Å²) in [6, 6.07) is 10.3. The van der Waals surface area contributed by atoms with Crippen LogP contribution in [0.4, 0.5) is 14.6 Å². The summed E-state index contributed by atoms with van der Waals surface area (Å²) >= 11 is 0. The summed E-state index contributed by atoms with van der Waals surface area (Å²) in [6.45, 7) is 18.5. The van der Waals surface area contributed by atoms with Gasteiger partial charge in [0.05, 0.1) is 10.9 Å². The molecule has 0 spiro atoms. The number of aromatic nitrogens is 2. The molecule has 2 unspecified atom stereocenters. The Hall–Kier alpha value is -3.94. The first-order chi connectivity index (χ1) is 21.2. The summed E-state index contributed by atoms with van der Waals surface area (Å²) in [5.41, 5.74) is 3.92. The highest BCUT2D eigenvalue weighted by molar-refractivity contribution is 6.05. The Kier molecular flexibility index (Phi) is 11.8. The third-order valence-corrected chi connectivity index (χ3v) is 7.98. The molecule has 0 saturated carbocycles. The van der Waals surface area contributed by atoms with Crippen LogP contribution < -0.4 is 5.32 Å². The number of hydrogen-bond acceptors (Lipinski definition) is 4. The number of rotatable bonds is 5. The summed E-state index contributed by atoms with van der Waals surface area (Å²) in [7, 11) is 0. The molecule has 3 heterocycles. The fourth-order valence-corrected chi connectivity index (χ4v) is 5.40. The van der Waals surface area contributed by atoms with Crippen molar-refractivity contribution >= 4 is 28.5 Å². The van der Waals surface area contributed by atoms with Crippen molar-refractivity contribution in [3.8, 4) is 0 Å². The van der Waals surface area contributed by atoms with Gasteiger partial charge in [0.1, 0.15) is 17.8 Å². The van der Waals surface area contributed by atoms with Crippen molar-refractivity contribution in [2.75, 3.05) is 5.32 Å². The Morgan fingerprint density at radius 1 is 1.18 bits per heavy atom. The third kappa shape index (κ3) is 8.62. The number of pyridine rings is 2. The molecule has 6 nitrogen and oxygen atoms in total. The highest BCUT2D eigenvalue weighted by Gasteiger charge is 2.43. The lowest BCUT2D eigenvalue weighted by Gasteiger charge is -2.32. The van der Waals surface area contributed by atoms with Gasteiger partial charge in [-0.1, -0.05) is 46.8 Å². The summed E-state index contributed by atoms with van der Waals surface area (Å²) in [4.78, 5) is 36.8. The average molecular weight is 619 g/mol. The Balaban J connectivity index is 0.000000427. The number of allylic oxidation sites excluding steroid dienone is 4. The summed E-state index contributed by atoms with van der Waals surface area (Å²) in [6.07, 6.45) is 8.03. The molecule has 1 aromatic carbocycles. The summed E-state index contributed by atoms with van der Waals surface area (Å²) in [5, 5.41) is 3.94. The van der Waals surface area contributed by atoms with E-state index in [0.717, 1.165) is 39.2 Å². The SMILES string of the molecule is CC.Cc1cc2ncc(CN(C(=O)C(C)(C)C)C(C)C)cc2cc1CC1(C)C(=O)Nc2ncccc21.FC1=CC(F)CCC=C1. The molecule has 5 rings (SSSR count). The Bertz CT molecular complexity index is 1570. The van der Waals surface area contributed by atoms with Gasteiger partial charge in [-0.3, -0.25) is 14.6 Å². The van der Waals surface area contributed by atoms with Crippen molar-refractivity contribution in [3.63, 3.8) is 0 Å². The molecular formula is C37H48F2N4O2. The van der Waals surface area contributed by atoms with E-state index in [-0.39, 0.29) is 17.9 Å². The van der Waals surface area contributed by atoms with Crippen LogP contribution in [0.3, 0.4) is 0 Å². The maximum absolute atomic E-state index is 13.0. The van der Waals surface area contributed by atoms with Gasteiger partial charge in [-0.05, 0) is 100 Å². The maximum atomic E-state index is 13.0. The summed E-state index contributed by atoms with van der Waals surface area (Å²) in [5.74, 6) is 0.287. The molecule has 0 bridgehead atoms. The number of anilines is 1. The van der Waals surface area contributed by atoms with Crippen molar-refractivity contribution in [2.45, 2.75) is 106 Å². The lowest BCUT2D eigenvalue weighted by Crippen LogP contribution is -2.43. The topological polar surface area (TPSA) is 75.2 Å². The number of nitrogens with one attached hydrogen (secondary N) is 1. The van der Waals surface area contributed by atoms with Crippen molar-refractivity contribution in [3.05, 3.63) is 89.0 Å². The molecule has 8 heteroatoms. The molecule has 1 aliphatic carbocycles. The molecule has 3 aromatic rings. The van der Waals surface area contributed by atoms with Gasteiger partial charge in [-0.15, -0.1) is 0 Å². The normalized spacial score (nSPS) is 19.0. The Labute approximate surface area is 267 Å². The van der Waals surface area contributed by atoms with Gasteiger partial charge >= 0.3 is 0 Å². The molecule has 45 heavy (non-hydrogen) atoms. The summed E-state index contributed by atoms with van der Waals surface area (Å²) < 4.78 is 24.6. The van der Waals surface area contributed by atoms with Crippen LogP contribution in [0, 0.1) is 12.3 Å². The van der Waals surface area contributed by atoms with Gasteiger partial charge in [-0.25, -0.2) is 13.8 Å². The van der Waals surface area contributed by atoms with Gasteiger partial charge in [0.15, 0.2) is 0 Å². The minimum Gasteiger partial charge on any atom is -0.335 e. The van der Waals surface area contributed by atoms with Gasteiger partial charge < -0.3 is 10.2 Å². The quantitative estimate of drug-likeness (QED) is 0.310. The number of fused-ring (bicyclic) bond motifs is 2. The van der Waals surface area contributed by atoms with E-state index < -0.39 is 22.8 Å². The first-order valence-corrected chi connectivity index (χ1v) is 15.8. The molecule has 2 aliphatic rings. The number of aryl methyl sites for hydroxylation is 1. The molecule has 2 atom stereocenters. The standard InChI is InChI=1S/C28H34N4O2.C7H8F2.C2H6/c1-17(2)32(26(34)27(4,5)6)16-19-12-20-13-21(18(3)11-23(20)30-15-19)14-28(7)22-9-8-10-29-24(22)31-25(28)33;8-6-3-1-2-4-7(9)5-6;1-2/h8-13,15,17H,14,16H2,1-7H3,(H,29,31,33);1,3,5,7H,2,4H2;1-2H3. The van der Waals surface area contributed by atoms with E-state index in [4.69, 9.17) is 0 Å². The maximum Gasteiger partial charge on any atom is 0.236 e. The molecule has 0 saturated heterocycles. The second kappa shape index (κ2) is 14.9. The number of hydrogen-bond donors (Lipinski definition) is 1. The van der Waals surface area contributed by atoms with Crippen LogP contribution in [-0.2, 0) is 28.0 Å². The monoisotopic (exact) mass is 618 g/mol. The Morgan fingerprint density at radius 3 is 2.56 bits per heavy atom. The highest BCUT2D eigenvalue weighted by atomic mass is 19.1. The zero-order valence-corrected chi connectivity index (χ0v) is 28.2. The van der Waals surface area contributed by atoms with E-state index >= 15 is 0 Å².